The highest BCUT2D eigenvalue weighted by Crippen LogP contribution is 2.21. The Morgan fingerprint density at radius 1 is 1.12 bits per heavy atom. The van der Waals surface area contributed by atoms with Crippen LogP contribution in [-0.2, 0) is 6.42 Å². The maximum Gasteiger partial charge on any atom is 0.317 e. The van der Waals surface area contributed by atoms with Crippen LogP contribution < -0.4 is 5.32 Å². The molecule has 0 bridgehead atoms. The molecule has 1 fully saturated rings. The van der Waals surface area contributed by atoms with Crippen molar-refractivity contribution in [2.24, 2.45) is 5.92 Å². The van der Waals surface area contributed by atoms with Gasteiger partial charge in [-0.05, 0) is 36.3 Å². The first-order valence-corrected chi connectivity index (χ1v) is 9.01. The monoisotopic (exact) mass is 338 g/mol. The Bertz CT molecular complexity index is 660. The lowest BCUT2D eigenvalue weighted by Gasteiger charge is -2.33. The molecule has 0 aromatic heterocycles. The third-order valence-corrected chi connectivity index (χ3v) is 4.85. The summed E-state index contributed by atoms with van der Waals surface area (Å²) in [4.78, 5) is 14.6. The molecule has 1 heterocycles. The van der Waals surface area contributed by atoms with Gasteiger partial charge in [0.2, 0.25) is 0 Å². The van der Waals surface area contributed by atoms with Crippen molar-refractivity contribution < 1.29 is 9.90 Å². The Morgan fingerprint density at radius 2 is 1.80 bits per heavy atom. The van der Waals surface area contributed by atoms with Crippen molar-refractivity contribution >= 4 is 6.03 Å². The summed E-state index contributed by atoms with van der Waals surface area (Å²) in [7, 11) is 0. The topological polar surface area (TPSA) is 52.6 Å². The minimum Gasteiger partial charge on any atom is -0.396 e. The van der Waals surface area contributed by atoms with Gasteiger partial charge < -0.3 is 15.3 Å². The first kappa shape index (κ1) is 17.5. The van der Waals surface area contributed by atoms with E-state index in [1.54, 1.807) is 0 Å². The molecule has 2 aromatic rings. The highest BCUT2D eigenvalue weighted by molar-refractivity contribution is 5.75. The number of carbonyl (C=O) groups excluding carboxylic acids is 1. The molecule has 0 spiro atoms. The standard InChI is InChI=1S/C21H26N2O2/c24-16-18-10-7-13-23(15-18)21(25)22-20(19-11-5-2-6-12-19)14-17-8-3-1-4-9-17/h1-6,8-9,11-12,18,20,24H,7,10,13-16H2,(H,22,25). The van der Waals surface area contributed by atoms with Crippen LogP contribution in [0.25, 0.3) is 0 Å². The van der Waals surface area contributed by atoms with Crippen molar-refractivity contribution in [1.82, 2.24) is 10.2 Å². The van der Waals surface area contributed by atoms with E-state index in [0.717, 1.165) is 31.4 Å². The van der Waals surface area contributed by atoms with Crippen molar-refractivity contribution in [2.75, 3.05) is 19.7 Å². The van der Waals surface area contributed by atoms with Crippen LogP contribution in [0.15, 0.2) is 60.7 Å². The van der Waals surface area contributed by atoms with E-state index in [9.17, 15) is 9.90 Å². The van der Waals surface area contributed by atoms with Gasteiger partial charge in [0.25, 0.3) is 0 Å². The second-order valence-electron chi connectivity index (χ2n) is 6.74. The lowest BCUT2D eigenvalue weighted by molar-refractivity contribution is 0.128. The van der Waals surface area contributed by atoms with Gasteiger partial charge in [0.1, 0.15) is 0 Å². The number of nitrogens with one attached hydrogen (secondary N) is 1. The summed E-state index contributed by atoms with van der Waals surface area (Å²) in [5, 5.41) is 12.6. The summed E-state index contributed by atoms with van der Waals surface area (Å²) in [6.45, 7) is 1.54. The van der Waals surface area contributed by atoms with Crippen LogP contribution in [0, 0.1) is 5.92 Å². The van der Waals surface area contributed by atoms with Gasteiger partial charge in [-0.15, -0.1) is 0 Å². The van der Waals surface area contributed by atoms with E-state index in [4.69, 9.17) is 0 Å². The summed E-state index contributed by atoms with van der Waals surface area (Å²) in [6, 6.07) is 20.2. The minimum absolute atomic E-state index is 0.0389. The van der Waals surface area contributed by atoms with Crippen molar-refractivity contribution in [3.8, 4) is 0 Å². The zero-order chi connectivity index (χ0) is 17.5. The number of rotatable bonds is 5. The van der Waals surface area contributed by atoms with E-state index >= 15 is 0 Å². The van der Waals surface area contributed by atoms with Gasteiger partial charge in [-0.25, -0.2) is 4.79 Å². The molecule has 2 N–H and O–H groups in total. The average Bonchev–Trinajstić information content (AvgIpc) is 2.69. The number of benzene rings is 2. The third-order valence-electron chi connectivity index (χ3n) is 4.85. The van der Waals surface area contributed by atoms with Crippen molar-refractivity contribution in [3.63, 3.8) is 0 Å². The maximum atomic E-state index is 12.8. The number of likely N-dealkylation sites (tertiary alicyclic amines) is 1. The van der Waals surface area contributed by atoms with Crippen LogP contribution in [-0.4, -0.2) is 35.7 Å². The molecule has 2 atom stereocenters. The van der Waals surface area contributed by atoms with Crippen LogP contribution >= 0.6 is 0 Å². The van der Waals surface area contributed by atoms with Crippen molar-refractivity contribution in [2.45, 2.75) is 25.3 Å². The summed E-state index contributed by atoms with van der Waals surface area (Å²) in [5.74, 6) is 0.198. The normalized spacial score (nSPS) is 18.6. The van der Waals surface area contributed by atoms with E-state index in [1.807, 2.05) is 41.3 Å². The van der Waals surface area contributed by atoms with Gasteiger partial charge in [0.05, 0.1) is 6.04 Å². The summed E-state index contributed by atoms with van der Waals surface area (Å²) in [5.41, 5.74) is 2.30. The summed E-state index contributed by atoms with van der Waals surface area (Å²) in [6.07, 6.45) is 2.70. The molecule has 2 amide bonds. The molecular weight excluding hydrogens is 312 g/mol. The molecule has 2 unspecified atom stereocenters. The molecule has 0 saturated carbocycles. The molecule has 2 aromatic carbocycles. The largest absolute Gasteiger partial charge is 0.396 e. The number of piperidine rings is 1. The SMILES string of the molecule is O=C(NC(Cc1ccccc1)c1ccccc1)N1CCCC(CO)C1. The quantitative estimate of drug-likeness (QED) is 0.878. The molecule has 1 aliphatic heterocycles. The van der Waals surface area contributed by atoms with Crippen LogP contribution in [0.2, 0.25) is 0 Å². The third kappa shape index (κ3) is 4.83. The molecule has 4 nitrogen and oxygen atoms in total. The van der Waals surface area contributed by atoms with Gasteiger partial charge in [0.15, 0.2) is 0 Å². The lowest BCUT2D eigenvalue weighted by atomic mass is 9.98. The lowest BCUT2D eigenvalue weighted by Crippen LogP contribution is -2.47. The molecule has 1 aliphatic rings. The fourth-order valence-corrected chi connectivity index (χ4v) is 3.43. The van der Waals surface area contributed by atoms with E-state index in [0.29, 0.717) is 6.54 Å². The Balaban J connectivity index is 1.72. The van der Waals surface area contributed by atoms with E-state index in [2.05, 4.69) is 29.6 Å². The molecular formula is C21H26N2O2. The average molecular weight is 338 g/mol. The molecule has 132 valence electrons. The van der Waals surface area contributed by atoms with Crippen LogP contribution in [0.3, 0.4) is 0 Å². The van der Waals surface area contributed by atoms with Gasteiger partial charge in [-0.2, -0.15) is 0 Å². The van der Waals surface area contributed by atoms with Gasteiger partial charge >= 0.3 is 6.03 Å². The number of amides is 2. The fraction of sp³-hybridized carbons (Fsp3) is 0.381. The number of nitrogens with zero attached hydrogens (tertiary/aromatic N) is 1. The van der Waals surface area contributed by atoms with Gasteiger partial charge in [-0.3, -0.25) is 0 Å². The first-order chi connectivity index (χ1) is 12.3. The highest BCUT2D eigenvalue weighted by atomic mass is 16.3. The predicted molar refractivity (Wildman–Crippen MR) is 99.2 cm³/mol. The predicted octanol–water partition coefficient (Wildman–Crippen LogP) is 3.38. The second kappa shape index (κ2) is 8.67. The zero-order valence-corrected chi connectivity index (χ0v) is 14.5. The number of urea groups is 1. The Morgan fingerprint density at radius 3 is 2.48 bits per heavy atom. The van der Waals surface area contributed by atoms with Crippen LogP contribution in [0.4, 0.5) is 4.79 Å². The number of hydrogen-bond acceptors (Lipinski definition) is 2. The summed E-state index contributed by atoms with van der Waals surface area (Å²) < 4.78 is 0. The van der Waals surface area contributed by atoms with Crippen molar-refractivity contribution in [1.29, 1.82) is 0 Å². The Labute approximate surface area is 149 Å². The fourth-order valence-electron chi connectivity index (χ4n) is 3.43. The second-order valence-corrected chi connectivity index (χ2v) is 6.74. The van der Waals surface area contributed by atoms with Crippen LogP contribution in [0.5, 0.6) is 0 Å². The van der Waals surface area contributed by atoms with Crippen molar-refractivity contribution in [3.05, 3.63) is 71.8 Å². The Hall–Kier alpha value is -2.33. The number of aliphatic hydroxyl groups is 1. The number of carbonyl (C=O) groups is 1. The molecule has 3 rings (SSSR count). The number of hydrogen-bond donors (Lipinski definition) is 2. The molecule has 25 heavy (non-hydrogen) atoms. The number of aliphatic hydroxyl groups excluding tert-OH is 1. The molecule has 0 radical (unpaired) electrons. The molecule has 1 saturated heterocycles. The Kier molecular flexibility index (Phi) is 6.07. The first-order valence-electron chi connectivity index (χ1n) is 9.01. The zero-order valence-electron chi connectivity index (χ0n) is 14.5. The maximum absolute atomic E-state index is 12.8. The van der Waals surface area contributed by atoms with E-state index < -0.39 is 0 Å². The van der Waals surface area contributed by atoms with E-state index in [-0.39, 0.29) is 24.6 Å². The summed E-state index contributed by atoms with van der Waals surface area (Å²) >= 11 is 0. The molecule has 4 heteroatoms. The smallest absolute Gasteiger partial charge is 0.317 e. The molecule has 0 aliphatic carbocycles. The van der Waals surface area contributed by atoms with E-state index in [1.165, 1.54) is 5.56 Å². The van der Waals surface area contributed by atoms with Gasteiger partial charge in [0, 0.05) is 19.7 Å². The highest BCUT2D eigenvalue weighted by Gasteiger charge is 2.25. The minimum atomic E-state index is -0.0643. The van der Waals surface area contributed by atoms with Gasteiger partial charge in [-0.1, -0.05) is 60.7 Å². The van der Waals surface area contributed by atoms with Crippen LogP contribution in [0.1, 0.15) is 30.0 Å².